The summed E-state index contributed by atoms with van der Waals surface area (Å²) in [5.41, 5.74) is 0.179. The maximum Gasteiger partial charge on any atom is 0.353 e. The molecule has 0 aromatic carbocycles. The summed E-state index contributed by atoms with van der Waals surface area (Å²) in [4.78, 5) is 29.8. The summed E-state index contributed by atoms with van der Waals surface area (Å²) >= 11 is 1.72. The van der Waals surface area contributed by atoms with Crippen molar-refractivity contribution < 1.29 is 19.8 Å². The molecule has 2 N–H and O–H groups in total. The lowest BCUT2D eigenvalue weighted by Crippen LogP contribution is -2.63. The molecule has 3 heterocycles. The zero-order chi connectivity index (χ0) is 23.5. The average Bonchev–Trinajstić information content (AvgIpc) is 3.04. The minimum atomic E-state index is -1.01. The maximum absolute atomic E-state index is 12.6. The number of aliphatic hydroxyl groups excluding tert-OH is 1. The zero-order valence-electron chi connectivity index (χ0n) is 20.4. The van der Waals surface area contributed by atoms with Crippen molar-refractivity contribution in [3.8, 4) is 0 Å². The van der Waals surface area contributed by atoms with E-state index in [1.165, 1.54) is 82.2 Å². The first-order chi connectivity index (χ1) is 15.9. The summed E-state index contributed by atoms with van der Waals surface area (Å²) < 4.78 is 0. The average molecular weight is 479 g/mol. The van der Waals surface area contributed by atoms with Crippen molar-refractivity contribution in [2.75, 3.05) is 13.1 Å². The van der Waals surface area contributed by atoms with Crippen LogP contribution in [-0.4, -0.2) is 68.4 Å². The Bertz CT molecular complexity index is 747. The summed E-state index contributed by atoms with van der Waals surface area (Å²) in [6.07, 6.45) is 14.4. The predicted octanol–water partition coefficient (Wildman–Crippen LogP) is 4.62. The molecule has 0 spiro atoms. The summed E-state index contributed by atoms with van der Waals surface area (Å²) in [6, 6.07) is 0.497. The molecule has 4 rings (SSSR count). The Morgan fingerprint density at radius 1 is 0.970 bits per heavy atom. The normalized spacial score (nSPS) is 35.5. The molecule has 1 saturated carbocycles. The van der Waals surface area contributed by atoms with Crippen molar-refractivity contribution in [2.45, 2.75) is 114 Å². The molecule has 1 aliphatic carbocycles. The van der Waals surface area contributed by atoms with Crippen LogP contribution in [0.4, 0.5) is 0 Å². The number of rotatable bonds is 5. The van der Waals surface area contributed by atoms with Gasteiger partial charge >= 0.3 is 5.97 Å². The molecule has 7 heteroatoms. The molecule has 0 aromatic rings. The number of carboxylic acid groups (broad SMARTS) is 1. The van der Waals surface area contributed by atoms with E-state index < -0.39 is 18.0 Å². The molecule has 0 aromatic heterocycles. The van der Waals surface area contributed by atoms with Crippen molar-refractivity contribution >= 4 is 23.6 Å². The van der Waals surface area contributed by atoms with Crippen molar-refractivity contribution in [1.82, 2.24) is 9.80 Å². The van der Waals surface area contributed by atoms with Gasteiger partial charge in [0.15, 0.2) is 0 Å². The van der Waals surface area contributed by atoms with Gasteiger partial charge in [0.05, 0.1) is 18.1 Å². The lowest BCUT2D eigenvalue weighted by molar-refractivity contribution is -0.163. The van der Waals surface area contributed by atoms with E-state index in [9.17, 15) is 19.8 Å². The third kappa shape index (κ3) is 5.30. The van der Waals surface area contributed by atoms with Crippen LogP contribution in [-0.2, 0) is 9.59 Å². The molecule has 1 amide bonds. The molecule has 0 radical (unpaired) electrons. The van der Waals surface area contributed by atoms with E-state index in [2.05, 4.69) is 4.90 Å². The first kappa shape index (κ1) is 25.1. The van der Waals surface area contributed by atoms with E-state index in [1.54, 1.807) is 18.7 Å². The van der Waals surface area contributed by atoms with Crippen LogP contribution in [0.3, 0.4) is 0 Å². The van der Waals surface area contributed by atoms with E-state index >= 15 is 0 Å². The fourth-order valence-corrected chi connectivity index (χ4v) is 8.18. The van der Waals surface area contributed by atoms with Gasteiger partial charge in [-0.25, -0.2) is 4.79 Å². The lowest BCUT2D eigenvalue weighted by atomic mass is 9.79. The number of carbonyl (C=O) groups excluding carboxylic acids is 1. The van der Waals surface area contributed by atoms with Gasteiger partial charge in [-0.3, -0.25) is 4.79 Å². The minimum Gasteiger partial charge on any atom is -0.477 e. The first-order valence-electron chi connectivity index (χ1n) is 13.3. The molecule has 3 unspecified atom stereocenters. The monoisotopic (exact) mass is 478 g/mol. The van der Waals surface area contributed by atoms with Gasteiger partial charge in [0.2, 0.25) is 5.91 Å². The van der Waals surface area contributed by atoms with E-state index in [-0.39, 0.29) is 23.6 Å². The predicted molar refractivity (Wildman–Crippen MR) is 132 cm³/mol. The second kappa shape index (κ2) is 11.1. The minimum absolute atomic E-state index is 0.0280. The second-order valence-corrected chi connectivity index (χ2v) is 12.0. The van der Waals surface area contributed by atoms with Crippen LogP contribution >= 0.6 is 11.8 Å². The molecule has 3 aliphatic heterocycles. The van der Waals surface area contributed by atoms with Gasteiger partial charge in [0.1, 0.15) is 5.70 Å². The zero-order valence-corrected chi connectivity index (χ0v) is 21.2. The molecule has 3 fully saturated rings. The van der Waals surface area contributed by atoms with E-state index in [1.807, 2.05) is 6.92 Å². The third-order valence-electron chi connectivity index (χ3n) is 8.39. The smallest absolute Gasteiger partial charge is 0.353 e. The van der Waals surface area contributed by atoms with E-state index in [0.717, 1.165) is 17.7 Å². The van der Waals surface area contributed by atoms with Crippen LogP contribution in [0.5, 0.6) is 0 Å². The standard InChI is InChI=1S/C26H42N2O4S/c1-17-22-21(18(2)29)25(30)28(22)23(26(31)32)24(17)33-20-13-7-6-11-19(12-10-14-20)27-15-8-4-3-5-9-16-27/h17-22,29H,3-16H2,1-2H3,(H,31,32)/t17-,18-,19?,20?,21-,22?/m1/s1. The number of aliphatic carboxylic acids is 1. The van der Waals surface area contributed by atoms with Gasteiger partial charge in [0, 0.05) is 22.1 Å². The molecule has 33 heavy (non-hydrogen) atoms. The molecular weight excluding hydrogens is 436 g/mol. The number of nitrogens with zero attached hydrogens (tertiary/aromatic N) is 2. The number of carbonyl (C=O) groups is 2. The topological polar surface area (TPSA) is 81.1 Å². The van der Waals surface area contributed by atoms with Crippen molar-refractivity contribution in [3.05, 3.63) is 10.6 Å². The number of likely N-dealkylation sites (tertiary alicyclic amines) is 1. The number of amides is 1. The van der Waals surface area contributed by atoms with Crippen molar-refractivity contribution in [2.24, 2.45) is 11.8 Å². The van der Waals surface area contributed by atoms with Gasteiger partial charge in [-0.05, 0) is 58.5 Å². The fraction of sp³-hybridized carbons (Fsp3) is 0.846. The first-order valence-corrected chi connectivity index (χ1v) is 14.2. The highest BCUT2D eigenvalue weighted by molar-refractivity contribution is 8.03. The van der Waals surface area contributed by atoms with E-state index in [0.29, 0.717) is 11.3 Å². The Morgan fingerprint density at radius 3 is 2.24 bits per heavy atom. The van der Waals surface area contributed by atoms with Crippen molar-refractivity contribution in [3.63, 3.8) is 0 Å². The molecule has 6 atom stereocenters. The SMILES string of the molecule is C[C@H]1C(SC2CCCCC(N3CCCCCCC3)CCC2)=C(C(=O)O)N2C(=O)[C@H]([C@@H](C)O)C12. The quantitative estimate of drug-likeness (QED) is 0.561. The molecule has 4 aliphatic rings. The molecule has 0 bridgehead atoms. The number of carboxylic acids is 1. The van der Waals surface area contributed by atoms with Crippen LogP contribution in [0.25, 0.3) is 0 Å². The molecule has 186 valence electrons. The number of hydrogen-bond acceptors (Lipinski definition) is 5. The fourth-order valence-electron chi connectivity index (χ4n) is 6.60. The molecular formula is C26H42N2O4S. The third-order valence-corrected chi connectivity index (χ3v) is 10.0. The lowest BCUT2D eigenvalue weighted by Gasteiger charge is -2.46. The number of β-lactam (4-membered cyclic amide) rings is 1. The highest BCUT2D eigenvalue weighted by Crippen LogP contribution is 2.52. The Balaban J connectivity index is 1.40. The number of hydrogen-bond donors (Lipinski definition) is 2. The van der Waals surface area contributed by atoms with Crippen molar-refractivity contribution in [1.29, 1.82) is 0 Å². The number of thioether (sulfide) groups is 1. The van der Waals surface area contributed by atoms with Crippen LogP contribution in [0.2, 0.25) is 0 Å². The summed E-state index contributed by atoms with van der Waals surface area (Å²) in [6.45, 7) is 6.18. The van der Waals surface area contributed by atoms with Gasteiger partial charge < -0.3 is 20.0 Å². The van der Waals surface area contributed by atoms with Gasteiger partial charge in [-0.15, -0.1) is 11.8 Å². The number of aliphatic hydroxyl groups is 1. The highest BCUT2D eigenvalue weighted by Gasteiger charge is 2.60. The Hall–Kier alpha value is -1.05. The number of fused-ring (bicyclic) bond motifs is 1. The Labute approximate surface area is 203 Å². The second-order valence-electron chi connectivity index (χ2n) is 10.7. The Kier molecular flexibility index (Phi) is 8.45. The molecule has 6 nitrogen and oxygen atoms in total. The Morgan fingerprint density at radius 2 is 1.58 bits per heavy atom. The highest BCUT2D eigenvalue weighted by atomic mass is 32.2. The van der Waals surface area contributed by atoms with Crippen LogP contribution in [0.1, 0.15) is 90.9 Å². The summed E-state index contributed by atoms with van der Waals surface area (Å²) in [5, 5.41) is 20.4. The van der Waals surface area contributed by atoms with Crippen LogP contribution in [0, 0.1) is 11.8 Å². The van der Waals surface area contributed by atoms with E-state index in [4.69, 9.17) is 0 Å². The molecule has 2 saturated heterocycles. The van der Waals surface area contributed by atoms with Gasteiger partial charge in [0.25, 0.3) is 0 Å². The van der Waals surface area contributed by atoms with Gasteiger partial charge in [-0.1, -0.05) is 45.4 Å². The van der Waals surface area contributed by atoms with Gasteiger partial charge in [-0.2, -0.15) is 0 Å². The summed E-state index contributed by atoms with van der Waals surface area (Å²) in [5.74, 6) is -1.75. The van der Waals surface area contributed by atoms with Crippen LogP contribution in [0.15, 0.2) is 10.6 Å². The summed E-state index contributed by atoms with van der Waals surface area (Å²) in [7, 11) is 0. The largest absolute Gasteiger partial charge is 0.477 e. The maximum atomic E-state index is 12.6. The van der Waals surface area contributed by atoms with Crippen LogP contribution < -0.4 is 0 Å².